The minimum Gasteiger partial charge on any atom is -0.493 e. The lowest BCUT2D eigenvalue weighted by molar-refractivity contribution is -0.136. The number of ether oxygens (including phenoxy) is 2. The number of hydrogen-bond acceptors (Lipinski definition) is 5. The molecule has 3 heterocycles. The first-order chi connectivity index (χ1) is 15.5. The van der Waals surface area contributed by atoms with Crippen molar-refractivity contribution >= 4 is 11.8 Å². The summed E-state index contributed by atoms with van der Waals surface area (Å²) in [5.41, 5.74) is 3.54. The van der Waals surface area contributed by atoms with E-state index in [4.69, 9.17) is 9.47 Å². The van der Waals surface area contributed by atoms with Crippen LogP contribution in [-0.4, -0.2) is 80.5 Å². The van der Waals surface area contributed by atoms with Crippen LogP contribution in [0.25, 0.3) is 0 Å². The Hall–Kier alpha value is -3.06. The molecule has 7 nitrogen and oxygen atoms in total. The van der Waals surface area contributed by atoms with Gasteiger partial charge in [-0.25, -0.2) is 0 Å². The van der Waals surface area contributed by atoms with Crippen LogP contribution in [0, 0.1) is 0 Å². The fraction of sp³-hybridized carbons (Fsp3) is 0.440. The highest BCUT2D eigenvalue weighted by Crippen LogP contribution is 2.48. The minimum absolute atomic E-state index is 0.00605. The van der Waals surface area contributed by atoms with Gasteiger partial charge < -0.3 is 24.2 Å². The molecule has 0 saturated carbocycles. The maximum Gasteiger partial charge on any atom is 0.254 e. The molecule has 2 aromatic carbocycles. The molecule has 1 fully saturated rings. The number of methoxy groups -OCH3 is 2. The molecule has 2 amide bonds. The fourth-order valence-corrected chi connectivity index (χ4v) is 5.34. The first-order valence-corrected chi connectivity index (χ1v) is 11.2. The van der Waals surface area contributed by atoms with Crippen molar-refractivity contribution in [2.75, 3.05) is 54.0 Å². The number of fused-ring (bicyclic) bond motifs is 4. The number of carbonyl (C=O) groups is 2. The second-order valence-electron chi connectivity index (χ2n) is 8.79. The quantitative estimate of drug-likeness (QED) is 0.741. The lowest BCUT2D eigenvalue weighted by Crippen LogP contribution is -2.54. The van der Waals surface area contributed by atoms with Gasteiger partial charge in [0.1, 0.15) is 0 Å². The zero-order valence-electron chi connectivity index (χ0n) is 18.8. The van der Waals surface area contributed by atoms with E-state index in [0.29, 0.717) is 36.7 Å². The molecular formula is C25H29N3O4. The highest BCUT2D eigenvalue weighted by molar-refractivity contribution is 6.01. The Morgan fingerprint density at radius 3 is 2.34 bits per heavy atom. The molecule has 0 N–H and O–H groups in total. The molecule has 0 aromatic heterocycles. The largest absolute Gasteiger partial charge is 0.493 e. The summed E-state index contributed by atoms with van der Waals surface area (Å²) in [5, 5.41) is 0. The Bertz CT molecular complexity index is 1060. The molecular weight excluding hydrogens is 406 g/mol. The van der Waals surface area contributed by atoms with Gasteiger partial charge in [0.15, 0.2) is 11.5 Å². The number of nitrogens with zero attached hydrogens (tertiary/aromatic N) is 3. The summed E-state index contributed by atoms with van der Waals surface area (Å²) >= 11 is 0. The Morgan fingerprint density at radius 2 is 1.62 bits per heavy atom. The van der Waals surface area contributed by atoms with Crippen LogP contribution in [0.15, 0.2) is 36.4 Å². The van der Waals surface area contributed by atoms with Gasteiger partial charge in [-0.1, -0.05) is 18.2 Å². The van der Waals surface area contributed by atoms with Crippen LogP contribution in [-0.2, 0) is 11.2 Å². The molecule has 3 aliphatic rings. The molecule has 0 spiro atoms. The fourth-order valence-electron chi connectivity index (χ4n) is 5.34. The summed E-state index contributed by atoms with van der Waals surface area (Å²) in [5.74, 6) is 0.933. The van der Waals surface area contributed by atoms with Crippen molar-refractivity contribution in [2.45, 2.75) is 18.4 Å². The van der Waals surface area contributed by atoms with E-state index in [1.807, 2.05) is 46.2 Å². The molecule has 0 aliphatic carbocycles. The van der Waals surface area contributed by atoms with Gasteiger partial charge in [0.25, 0.3) is 5.91 Å². The molecule has 2 aromatic rings. The van der Waals surface area contributed by atoms with Gasteiger partial charge in [0.2, 0.25) is 5.91 Å². The third kappa shape index (κ3) is 3.23. The number of carbonyl (C=O) groups excluding carboxylic acids is 2. The number of rotatable bonds is 3. The van der Waals surface area contributed by atoms with E-state index in [1.54, 1.807) is 14.2 Å². The summed E-state index contributed by atoms with van der Waals surface area (Å²) in [4.78, 5) is 33.5. The molecule has 7 heteroatoms. The van der Waals surface area contributed by atoms with Gasteiger partial charge in [-0.15, -0.1) is 0 Å². The van der Waals surface area contributed by atoms with Gasteiger partial charge in [-0.3, -0.25) is 9.59 Å². The number of likely N-dealkylation sites (N-methyl/N-ethyl adjacent to an activating group) is 1. The van der Waals surface area contributed by atoms with E-state index in [-0.39, 0.29) is 17.9 Å². The third-order valence-electron chi connectivity index (χ3n) is 7.11. The smallest absolute Gasteiger partial charge is 0.254 e. The minimum atomic E-state index is -0.440. The summed E-state index contributed by atoms with van der Waals surface area (Å²) in [6.07, 6.45) is 0.718. The molecule has 0 radical (unpaired) electrons. The maximum absolute atomic E-state index is 14.0. The van der Waals surface area contributed by atoms with E-state index in [1.165, 1.54) is 0 Å². The zero-order chi connectivity index (χ0) is 22.4. The van der Waals surface area contributed by atoms with Crippen molar-refractivity contribution in [1.82, 2.24) is 14.7 Å². The van der Waals surface area contributed by atoms with E-state index < -0.39 is 5.92 Å². The molecule has 2 atom stereocenters. The lowest BCUT2D eigenvalue weighted by atomic mass is 9.75. The van der Waals surface area contributed by atoms with Crippen molar-refractivity contribution in [1.29, 1.82) is 0 Å². The van der Waals surface area contributed by atoms with Crippen LogP contribution in [0.5, 0.6) is 11.5 Å². The second kappa shape index (κ2) is 8.13. The van der Waals surface area contributed by atoms with Crippen molar-refractivity contribution in [2.24, 2.45) is 0 Å². The van der Waals surface area contributed by atoms with Gasteiger partial charge in [0, 0.05) is 38.3 Å². The maximum atomic E-state index is 14.0. The topological polar surface area (TPSA) is 62.3 Å². The van der Waals surface area contributed by atoms with Gasteiger partial charge in [-0.2, -0.15) is 0 Å². The predicted octanol–water partition coefficient (Wildman–Crippen LogP) is 2.31. The van der Waals surface area contributed by atoms with Crippen molar-refractivity contribution < 1.29 is 19.1 Å². The zero-order valence-corrected chi connectivity index (χ0v) is 18.8. The van der Waals surface area contributed by atoms with Crippen LogP contribution in [0.3, 0.4) is 0 Å². The molecule has 0 bridgehead atoms. The van der Waals surface area contributed by atoms with Crippen LogP contribution in [0.4, 0.5) is 0 Å². The number of hydrogen-bond donors (Lipinski definition) is 0. The molecule has 1 saturated heterocycles. The van der Waals surface area contributed by atoms with Crippen molar-refractivity contribution in [3.63, 3.8) is 0 Å². The summed E-state index contributed by atoms with van der Waals surface area (Å²) in [7, 11) is 5.31. The summed E-state index contributed by atoms with van der Waals surface area (Å²) in [6, 6.07) is 11.2. The van der Waals surface area contributed by atoms with Crippen LogP contribution in [0.1, 0.15) is 39.0 Å². The Labute approximate surface area is 188 Å². The van der Waals surface area contributed by atoms with E-state index in [0.717, 1.165) is 36.2 Å². The number of benzene rings is 2. The lowest BCUT2D eigenvalue weighted by Gasteiger charge is -2.47. The number of piperazine rings is 1. The van der Waals surface area contributed by atoms with E-state index in [9.17, 15) is 9.59 Å². The van der Waals surface area contributed by atoms with Crippen LogP contribution in [0.2, 0.25) is 0 Å². The van der Waals surface area contributed by atoms with Crippen LogP contribution >= 0.6 is 0 Å². The highest BCUT2D eigenvalue weighted by atomic mass is 16.5. The van der Waals surface area contributed by atoms with Crippen LogP contribution < -0.4 is 9.47 Å². The normalized spacial score (nSPS) is 22.7. The highest BCUT2D eigenvalue weighted by Gasteiger charge is 2.47. The van der Waals surface area contributed by atoms with Gasteiger partial charge >= 0.3 is 0 Å². The summed E-state index contributed by atoms with van der Waals surface area (Å²) in [6.45, 7) is 3.69. The third-order valence-corrected chi connectivity index (χ3v) is 7.11. The first-order valence-electron chi connectivity index (χ1n) is 11.2. The van der Waals surface area contributed by atoms with Gasteiger partial charge in [-0.05, 0) is 48.4 Å². The molecule has 5 rings (SSSR count). The molecule has 32 heavy (non-hydrogen) atoms. The Morgan fingerprint density at radius 1 is 0.938 bits per heavy atom. The monoisotopic (exact) mass is 435 g/mol. The second-order valence-corrected chi connectivity index (χ2v) is 8.79. The molecule has 3 aliphatic heterocycles. The predicted molar refractivity (Wildman–Crippen MR) is 120 cm³/mol. The SMILES string of the molecule is COc1cc2c(cc1OC)[C@H]1[C@H](C(=O)N3CCN(C)CC3)c3ccccc3C(=O)N1CC2. The Balaban J connectivity index is 1.65. The van der Waals surface area contributed by atoms with Crippen molar-refractivity contribution in [3.05, 3.63) is 58.7 Å². The number of amides is 2. The van der Waals surface area contributed by atoms with E-state index in [2.05, 4.69) is 11.9 Å². The standard InChI is InChI=1S/C25H29N3O4/c1-26-10-12-27(13-11-26)25(30)22-17-6-4-5-7-18(17)24(29)28-9-8-16-14-20(31-2)21(32-3)15-19(16)23(22)28/h4-7,14-15,22-23H,8-13H2,1-3H3/t22-,23+/m1/s1. The Kier molecular flexibility index (Phi) is 5.29. The van der Waals surface area contributed by atoms with Gasteiger partial charge in [0.05, 0.1) is 26.2 Å². The van der Waals surface area contributed by atoms with E-state index >= 15 is 0 Å². The summed E-state index contributed by atoms with van der Waals surface area (Å²) < 4.78 is 11.1. The average molecular weight is 436 g/mol. The molecule has 0 unspecified atom stereocenters. The molecule has 168 valence electrons. The first kappa shape index (κ1) is 20.8. The van der Waals surface area contributed by atoms with Crippen molar-refractivity contribution in [3.8, 4) is 11.5 Å². The average Bonchev–Trinajstić information content (AvgIpc) is 2.83.